The van der Waals surface area contributed by atoms with Crippen LogP contribution in [-0.2, 0) is 5.88 Å². The van der Waals surface area contributed by atoms with Gasteiger partial charge in [-0.25, -0.2) is 0 Å². The number of nitrogens with zero attached hydrogens (tertiary/aromatic N) is 1. The summed E-state index contributed by atoms with van der Waals surface area (Å²) >= 11 is 5.74. The lowest BCUT2D eigenvalue weighted by Crippen LogP contribution is -2.30. The molecular weight excluding hydrogens is 286 g/mol. The van der Waals surface area contributed by atoms with Crippen molar-refractivity contribution in [2.45, 2.75) is 5.88 Å². The maximum atomic E-state index is 12.2. The molecule has 0 saturated carbocycles. The Morgan fingerprint density at radius 1 is 1.10 bits per heavy atom. The zero-order valence-electron chi connectivity index (χ0n) is 12.0. The number of halogens is 1. The van der Waals surface area contributed by atoms with Gasteiger partial charge in [-0.3, -0.25) is 4.79 Å². The first-order chi connectivity index (χ1) is 10.2. The number of hydrogen-bond acceptors (Lipinski definition) is 2. The second-order valence-corrected chi connectivity index (χ2v) is 4.99. The fraction of sp³-hybridized carbons (Fsp3) is 0.235. The van der Waals surface area contributed by atoms with Crippen molar-refractivity contribution in [3.8, 4) is 5.75 Å². The molecule has 2 rings (SSSR count). The molecule has 0 bridgehead atoms. The van der Waals surface area contributed by atoms with Crippen molar-refractivity contribution >= 4 is 17.5 Å². The molecule has 0 heterocycles. The third-order valence-electron chi connectivity index (χ3n) is 3.14. The van der Waals surface area contributed by atoms with Gasteiger partial charge in [0.05, 0.1) is 6.54 Å². The van der Waals surface area contributed by atoms with Crippen LogP contribution in [-0.4, -0.2) is 31.0 Å². The van der Waals surface area contributed by atoms with E-state index in [-0.39, 0.29) is 5.91 Å². The van der Waals surface area contributed by atoms with E-state index in [4.69, 9.17) is 16.3 Å². The van der Waals surface area contributed by atoms with Crippen LogP contribution in [0.4, 0.5) is 0 Å². The second kappa shape index (κ2) is 7.70. The van der Waals surface area contributed by atoms with Crippen molar-refractivity contribution < 1.29 is 9.53 Å². The molecule has 0 fully saturated rings. The highest BCUT2D eigenvalue weighted by Gasteiger charge is 2.11. The largest absolute Gasteiger partial charge is 0.492 e. The molecule has 0 aliphatic carbocycles. The van der Waals surface area contributed by atoms with E-state index >= 15 is 0 Å². The lowest BCUT2D eigenvalue weighted by Gasteiger charge is -2.17. The molecule has 0 N–H and O–H groups in total. The smallest absolute Gasteiger partial charge is 0.253 e. The van der Waals surface area contributed by atoms with Crippen LogP contribution >= 0.6 is 11.6 Å². The van der Waals surface area contributed by atoms with Gasteiger partial charge in [-0.15, -0.1) is 11.6 Å². The molecule has 21 heavy (non-hydrogen) atoms. The minimum atomic E-state index is -0.0206. The summed E-state index contributed by atoms with van der Waals surface area (Å²) in [4.78, 5) is 13.9. The molecule has 0 radical (unpaired) electrons. The number of likely N-dealkylation sites (N-methyl/N-ethyl adjacent to an activating group) is 1. The van der Waals surface area contributed by atoms with E-state index in [0.29, 0.717) is 24.6 Å². The summed E-state index contributed by atoms with van der Waals surface area (Å²) in [5.74, 6) is 1.24. The number of amides is 1. The van der Waals surface area contributed by atoms with Crippen molar-refractivity contribution in [2.75, 3.05) is 20.2 Å². The van der Waals surface area contributed by atoms with E-state index in [1.807, 2.05) is 42.5 Å². The number of benzene rings is 2. The number of para-hydroxylation sites is 1. The Hall–Kier alpha value is -2.00. The molecule has 0 spiro atoms. The number of rotatable bonds is 6. The van der Waals surface area contributed by atoms with Crippen LogP contribution in [0.25, 0.3) is 0 Å². The minimum absolute atomic E-state index is 0.0206. The molecule has 0 aliphatic heterocycles. The third-order valence-corrected chi connectivity index (χ3v) is 3.45. The molecule has 0 atom stereocenters. The maximum Gasteiger partial charge on any atom is 0.253 e. The molecule has 3 nitrogen and oxygen atoms in total. The number of alkyl halides is 1. The standard InChI is InChI=1S/C17H18ClNO2/c1-19(11-12-21-16-5-3-2-4-6-16)17(20)15-9-7-14(13-18)8-10-15/h2-10H,11-13H2,1H3. The van der Waals surface area contributed by atoms with E-state index in [0.717, 1.165) is 11.3 Å². The van der Waals surface area contributed by atoms with E-state index in [2.05, 4.69) is 0 Å². The summed E-state index contributed by atoms with van der Waals surface area (Å²) in [6, 6.07) is 16.9. The molecule has 1 amide bonds. The summed E-state index contributed by atoms with van der Waals surface area (Å²) in [5.41, 5.74) is 1.66. The van der Waals surface area contributed by atoms with Gasteiger partial charge < -0.3 is 9.64 Å². The normalized spacial score (nSPS) is 10.2. The van der Waals surface area contributed by atoms with E-state index in [9.17, 15) is 4.79 Å². The molecule has 0 unspecified atom stereocenters. The molecule has 0 aliphatic rings. The second-order valence-electron chi connectivity index (χ2n) is 4.72. The van der Waals surface area contributed by atoms with Gasteiger partial charge in [-0.1, -0.05) is 30.3 Å². The van der Waals surface area contributed by atoms with Gasteiger partial charge >= 0.3 is 0 Å². The first kappa shape index (κ1) is 15.4. The Morgan fingerprint density at radius 2 is 1.76 bits per heavy atom. The summed E-state index contributed by atoms with van der Waals surface area (Å²) in [5, 5.41) is 0. The Labute approximate surface area is 130 Å². The molecule has 0 saturated heterocycles. The molecule has 2 aromatic carbocycles. The minimum Gasteiger partial charge on any atom is -0.492 e. The third kappa shape index (κ3) is 4.50. The van der Waals surface area contributed by atoms with E-state index < -0.39 is 0 Å². The van der Waals surface area contributed by atoms with Crippen LogP contribution in [0.15, 0.2) is 54.6 Å². The Morgan fingerprint density at radius 3 is 2.38 bits per heavy atom. The van der Waals surface area contributed by atoms with Gasteiger partial charge in [-0.2, -0.15) is 0 Å². The van der Waals surface area contributed by atoms with Crippen molar-refractivity contribution in [1.29, 1.82) is 0 Å². The van der Waals surface area contributed by atoms with E-state index in [1.165, 1.54) is 0 Å². The molecule has 0 aromatic heterocycles. The predicted octanol–water partition coefficient (Wildman–Crippen LogP) is 3.58. The molecular formula is C17H18ClNO2. The highest BCUT2D eigenvalue weighted by Crippen LogP contribution is 2.10. The van der Waals surface area contributed by atoms with Crippen molar-refractivity contribution in [3.05, 3.63) is 65.7 Å². The van der Waals surface area contributed by atoms with Crippen LogP contribution in [0, 0.1) is 0 Å². The Kier molecular flexibility index (Phi) is 5.64. The number of carbonyl (C=O) groups is 1. The van der Waals surface area contributed by atoms with Gasteiger partial charge in [0.25, 0.3) is 5.91 Å². The molecule has 4 heteroatoms. The maximum absolute atomic E-state index is 12.2. The number of ether oxygens (including phenoxy) is 1. The molecule has 2 aromatic rings. The molecule has 110 valence electrons. The van der Waals surface area contributed by atoms with Crippen molar-refractivity contribution in [1.82, 2.24) is 4.90 Å². The van der Waals surface area contributed by atoms with E-state index in [1.54, 1.807) is 24.1 Å². The number of hydrogen-bond donors (Lipinski definition) is 0. The highest BCUT2D eigenvalue weighted by molar-refractivity contribution is 6.17. The van der Waals surface area contributed by atoms with Crippen LogP contribution in [0.2, 0.25) is 0 Å². The summed E-state index contributed by atoms with van der Waals surface area (Å²) in [6.07, 6.45) is 0. The topological polar surface area (TPSA) is 29.5 Å². The fourth-order valence-electron chi connectivity index (χ4n) is 1.88. The monoisotopic (exact) mass is 303 g/mol. The van der Waals surface area contributed by atoms with Gasteiger partial charge in [0.15, 0.2) is 0 Å². The van der Waals surface area contributed by atoms with Crippen LogP contribution in [0.5, 0.6) is 5.75 Å². The lowest BCUT2D eigenvalue weighted by atomic mass is 10.1. The summed E-state index contributed by atoms with van der Waals surface area (Å²) in [6.45, 7) is 0.997. The zero-order valence-corrected chi connectivity index (χ0v) is 12.7. The Bertz CT molecular complexity index is 569. The summed E-state index contributed by atoms with van der Waals surface area (Å²) < 4.78 is 5.59. The number of carbonyl (C=O) groups excluding carboxylic acids is 1. The van der Waals surface area contributed by atoms with Gasteiger partial charge in [0.1, 0.15) is 12.4 Å². The average molecular weight is 304 g/mol. The first-order valence-corrected chi connectivity index (χ1v) is 7.32. The van der Waals surface area contributed by atoms with Crippen LogP contribution in [0.1, 0.15) is 15.9 Å². The highest BCUT2D eigenvalue weighted by atomic mass is 35.5. The van der Waals surface area contributed by atoms with Crippen LogP contribution < -0.4 is 4.74 Å². The zero-order chi connectivity index (χ0) is 15.1. The van der Waals surface area contributed by atoms with Gasteiger partial charge in [0, 0.05) is 18.5 Å². The SMILES string of the molecule is CN(CCOc1ccccc1)C(=O)c1ccc(CCl)cc1. The average Bonchev–Trinajstić information content (AvgIpc) is 2.55. The van der Waals surface area contributed by atoms with Gasteiger partial charge in [0.2, 0.25) is 0 Å². The quantitative estimate of drug-likeness (QED) is 0.763. The fourth-order valence-corrected chi connectivity index (χ4v) is 2.05. The first-order valence-electron chi connectivity index (χ1n) is 6.79. The van der Waals surface area contributed by atoms with Crippen molar-refractivity contribution in [2.24, 2.45) is 0 Å². The lowest BCUT2D eigenvalue weighted by molar-refractivity contribution is 0.0774. The van der Waals surface area contributed by atoms with Gasteiger partial charge in [-0.05, 0) is 29.8 Å². The van der Waals surface area contributed by atoms with Crippen LogP contribution in [0.3, 0.4) is 0 Å². The predicted molar refractivity (Wildman–Crippen MR) is 84.9 cm³/mol. The van der Waals surface area contributed by atoms with Crippen molar-refractivity contribution in [3.63, 3.8) is 0 Å². The Balaban J connectivity index is 1.84. The summed E-state index contributed by atoms with van der Waals surface area (Å²) in [7, 11) is 1.77.